The second kappa shape index (κ2) is 11.7. The van der Waals surface area contributed by atoms with Gasteiger partial charge in [-0.3, -0.25) is 0 Å². The van der Waals surface area contributed by atoms with Crippen molar-refractivity contribution in [2.24, 2.45) is 4.99 Å². The summed E-state index contributed by atoms with van der Waals surface area (Å²) < 4.78 is 17.0. The van der Waals surface area contributed by atoms with Gasteiger partial charge in [0.2, 0.25) is 0 Å². The van der Waals surface area contributed by atoms with E-state index in [4.69, 9.17) is 19.2 Å². The molecule has 1 aliphatic rings. The molecule has 0 saturated carbocycles. The second-order valence-corrected chi connectivity index (χ2v) is 6.65. The van der Waals surface area contributed by atoms with Crippen molar-refractivity contribution in [1.82, 2.24) is 10.2 Å². The molecule has 1 aliphatic heterocycles. The molecule has 1 heterocycles. The van der Waals surface area contributed by atoms with E-state index < -0.39 is 0 Å². The number of nitrogens with zero attached hydrogens (tertiary/aromatic N) is 2. The number of benzene rings is 1. The number of methoxy groups -OCH3 is 1. The molecule has 0 bridgehead atoms. The zero-order chi connectivity index (χ0) is 19.5. The summed E-state index contributed by atoms with van der Waals surface area (Å²) in [7, 11) is 1.67. The summed E-state index contributed by atoms with van der Waals surface area (Å²) in [5, 5.41) is 3.42. The van der Waals surface area contributed by atoms with Gasteiger partial charge in [0.25, 0.3) is 0 Å². The minimum absolute atomic E-state index is 0.383. The largest absolute Gasteiger partial charge is 0.493 e. The Morgan fingerprint density at radius 2 is 1.96 bits per heavy atom. The van der Waals surface area contributed by atoms with Gasteiger partial charge in [-0.05, 0) is 50.8 Å². The predicted molar refractivity (Wildman–Crippen MR) is 110 cm³/mol. The van der Waals surface area contributed by atoms with Crippen LogP contribution in [0.1, 0.15) is 45.6 Å². The summed E-state index contributed by atoms with van der Waals surface area (Å²) in [5.41, 5.74) is 1.11. The highest BCUT2D eigenvalue weighted by atomic mass is 16.5. The van der Waals surface area contributed by atoms with Crippen molar-refractivity contribution in [1.29, 1.82) is 0 Å². The lowest BCUT2D eigenvalue weighted by atomic mass is 10.1. The lowest BCUT2D eigenvalue weighted by Crippen LogP contribution is -2.47. The van der Waals surface area contributed by atoms with Crippen molar-refractivity contribution in [3.8, 4) is 11.5 Å². The first-order valence-corrected chi connectivity index (χ1v) is 10.2. The third-order valence-corrected chi connectivity index (χ3v) is 4.58. The minimum atomic E-state index is 0.383. The van der Waals surface area contributed by atoms with Gasteiger partial charge in [0.05, 0.1) is 26.4 Å². The molecular weight excluding hydrogens is 342 g/mol. The third-order valence-electron chi connectivity index (χ3n) is 4.58. The van der Waals surface area contributed by atoms with Crippen LogP contribution in [0.4, 0.5) is 0 Å². The number of hydrogen-bond donors (Lipinski definition) is 1. The van der Waals surface area contributed by atoms with Crippen LogP contribution in [0.3, 0.4) is 0 Å². The van der Waals surface area contributed by atoms with Crippen molar-refractivity contribution in [2.75, 3.05) is 40.0 Å². The number of likely N-dealkylation sites (tertiary alicyclic amines) is 1. The lowest BCUT2D eigenvalue weighted by Gasteiger charge is -2.34. The first-order valence-electron chi connectivity index (χ1n) is 10.2. The molecule has 1 saturated heterocycles. The van der Waals surface area contributed by atoms with Crippen molar-refractivity contribution in [3.05, 3.63) is 23.8 Å². The number of guanidine groups is 1. The Kier molecular flexibility index (Phi) is 9.25. The van der Waals surface area contributed by atoms with Gasteiger partial charge < -0.3 is 24.4 Å². The molecule has 0 amide bonds. The van der Waals surface area contributed by atoms with Crippen LogP contribution in [0.15, 0.2) is 23.2 Å². The van der Waals surface area contributed by atoms with Gasteiger partial charge in [0.1, 0.15) is 0 Å². The van der Waals surface area contributed by atoms with Gasteiger partial charge in [0, 0.05) is 26.2 Å². The number of piperidine rings is 1. The van der Waals surface area contributed by atoms with Crippen molar-refractivity contribution in [2.45, 2.75) is 52.7 Å². The maximum atomic E-state index is 5.75. The smallest absolute Gasteiger partial charge is 0.194 e. The van der Waals surface area contributed by atoms with Crippen LogP contribution in [0.2, 0.25) is 0 Å². The van der Waals surface area contributed by atoms with Gasteiger partial charge in [-0.2, -0.15) is 0 Å². The highest BCUT2D eigenvalue weighted by Gasteiger charge is 2.21. The molecule has 152 valence electrons. The summed E-state index contributed by atoms with van der Waals surface area (Å²) in [6, 6.07) is 6.04. The standard InChI is InChI=1S/C21H35N3O3/c1-5-14-27-19-9-8-17(15-20(19)25-4)16-23-21(22-6-2)24-12-10-18(11-13-24)26-7-3/h8-9,15,18H,5-7,10-14,16H2,1-4H3,(H,22,23). The summed E-state index contributed by atoms with van der Waals surface area (Å²) >= 11 is 0. The van der Waals surface area contributed by atoms with E-state index in [0.717, 1.165) is 68.5 Å². The molecule has 6 heteroatoms. The average molecular weight is 378 g/mol. The molecule has 0 spiro atoms. The Hall–Kier alpha value is -1.95. The number of ether oxygens (including phenoxy) is 3. The first kappa shape index (κ1) is 21.4. The topological polar surface area (TPSA) is 55.3 Å². The van der Waals surface area contributed by atoms with E-state index in [1.807, 2.05) is 12.1 Å². The van der Waals surface area contributed by atoms with Crippen LogP contribution in [-0.4, -0.2) is 56.9 Å². The first-order chi connectivity index (χ1) is 13.2. The third kappa shape index (κ3) is 6.61. The SMILES string of the molecule is CCCOc1ccc(CN=C(NCC)N2CCC(OCC)CC2)cc1OC. The van der Waals surface area contributed by atoms with Gasteiger partial charge in [0.15, 0.2) is 17.5 Å². The molecule has 1 aromatic carbocycles. The lowest BCUT2D eigenvalue weighted by molar-refractivity contribution is 0.0263. The van der Waals surface area contributed by atoms with E-state index in [-0.39, 0.29) is 0 Å². The van der Waals surface area contributed by atoms with E-state index >= 15 is 0 Å². The van der Waals surface area contributed by atoms with Gasteiger partial charge in [-0.25, -0.2) is 4.99 Å². The molecule has 27 heavy (non-hydrogen) atoms. The number of nitrogens with one attached hydrogen (secondary N) is 1. The molecule has 2 rings (SSSR count). The minimum Gasteiger partial charge on any atom is -0.493 e. The van der Waals surface area contributed by atoms with E-state index in [1.54, 1.807) is 7.11 Å². The molecule has 1 aromatic rings. The van der Waals surface area contributed by atoms with Gasteiger partial charge in [-0.1, -0.05) is 13.0 Å². The molecule has 0 atom stereocenters. The molecule has 1 fully saturated rings. The monoisotopic (exact) mass is 377 g/mol. The van der Waals surface area contributed by atoms with Gasteiger partial charge >= 0.3 is 0 Å². The molecule has 1 N–H and O–H groups in total. The van der Waals surface area contributed by atoms with Crippen LogP contribution in [-0.2, 0) is 11.3 Å². The van der Waals surface area contributed by atoms with Crippen LogP contribution in [0.25, 0.3) is 0 Å². The van der Waals surface area contributed by atoms with Crippen LogP contribution in [0.5, 0.6) is 11.5 Å². The Labute approximate surface area is 163 Å². The molecule has 0 aliphatic carbocycles. The fourth-order valence-corrected chi connectivity index (χ4v) is 3.20. The molecule has 0 aromatic heterocycles. The summed E-state index contributed by atoms with van der Waals surface area (Å²) in [6.45, 7) is 11.2. The molecule has 0 unspecified atom stereocenters. The Bertz CT molecular complexity index is 584. The Morgan fingerprint density at radius 3 is 2.59 bits per heavy atom. The second-order valence-electron chi connectivity index (χ2n) is 6.65. The predicted octanol–water partition coefficient (Wildman–Crippen LogP) is 3.45. The normalized spacial score (nSPS) is 15.7. The summed E-state index contributed by atoms with van der Waals surface area (Å²) in [6.07, 6.45) is 3.46. The highest BCUT2D eigenvalue weighted by Crippen LogP contribution is 2.28. The molecule has 6 nitrogen and oxygen atoms in total. The zero-order valence-corrected chi connectivity index (χ0v) is 17.3. The Balaban J connectivity index is 2.01. The van der Waals surface area contributed by atoms with Gasteiger partial charge in [-0.15, -0.1) is 0 Å². The van der Waals surface area contributed by atoms with Crippen molar-refractivity contribution < 1.29 is 14.2 Å². The van der Waals surface area contributed by atoms with E-state index in [1.165, 1.54) is 0 Å². The van der Waals surface area contributed by atoms with Crippen molar-refractivity contribution >= 4 is 5.96 Å². The Morgan fingerprint density at radius 1 is 1.19 bits per heavy atom. The van der Waals surface area contributed by atoms with Crippen LogP contribution >= 0.6 is 0 Å². The maximum absolute atomic E-state index is 5.75. The maximum Gasteiger partial charge on any atom is 0.194 e. The highest BCUT2D eigenvalue weighted by molar-refractivity contribution is 5.80. The molecule has 0 radical (unpaired) electrons. The quantitative estimate of drug-likeness (QED) is 0.528. The number of aliphatic imine (C=N–C) groups is 1. The van der Waals surface area contributed by atoms with Crippen molar-refractivity contribution in [3.63, 3.8) is 0 Å². The van der Waals surface area contributed by atoms with Crippen LogP contribution < -0.4 is 14.8 Å². The van der Waals surface area contributed by atoms with E-state index in [2.05, 4.69) is 37.1 Å². The fourth-order valence-electron chi connectivity index (χ4n) is 3.20. The zero-order valence-electron chi connectivity index (χ0n) is 17.3. The summed E-state index contributed by atoms with van der Waals surface area (Å²) in [5.74, 6) is 2.52. The van der Waals surface area contributed by atoms with Crippen LogP contribution in [0, 0.1) is 0 Å². The van der Waals surface area contributed by atoms with E-state index in [9.17, 15) is 0 Å². The number of rotatable bonds is 9. The summed E-state index contributed by atoms with van der Waals surface area (Å²) in [4.78, 5) is 7.17. The average Bonchev–Trinajstić information content (AvgIpc) is 2.70. The van der Waals surface area contributed by atoms with E-state index in [0.29, 0.717) is 19.3 Å². The fraction of sp³-hybridized carbons (Fsp3) is 0.667. The molecular formula is C21H35N3O3. The number of hydrogen-bond acceptors (Lipinski definition) is 4.